The SMILES string of the molecule is CC(C)(C)[Si](SOS[Si](c1ccccc1)(c1ccccc1)C(C)(C)C)(c1ccccc1)c1ccccc1. The van der Waals surface area contributed by atoms with Gasteiger partial charge in [-0.2, -0.15) is 0 Å². The van der Waals surface area contributed by atoms with Crippen LogP contribution in [0.25, 0.3) is 0 Å². The molecule has 0 spiro atoms. The molecule has 1 nitrogen and oxygen atoms in total. The second-order valence-corrected chi connectivity index (χ2v) is 25.1. The smallest absolute Gasteiger partial charge is 0.220 e. The molecule has 192 valence electrons. The molecule has 0 fully saturated rings. The molecule has 0 amide bonds. The highest BCUT2D eigenvalue weighted by Gasteiger charge is 2.53. The summed E-state index contributed by atoms with van der Waals surface area (Å²) in [4.78, 5) is 0. The second-order valence-electron chi connectivity index (χ2n) is 11.6. The zero-order valence-electron chi connectivity index (χ0n) is 22.8. The monoisotopic (exact) mass is 558 g/mol. The van der Waals surface area contributed by atoms with E-state index in [1.165, 1.54) is 20.7 Å². The third kappa shape index (κ3) is 5.43. The predicted octanol–water partition coefficient (Wildman–Crippen LogP) is 7.42. The van der Waals surface area contributed by atoms with E-state index in [2.05, 4.69) is 163 Å². The van der Waals surface area contributed by atoms with E-state index in [4.69, 9.17) is 3.63 Å². The van der Waals surface area contributed by atoms with E-state index < -0.39 is 14.4 Å². The molecular formula is C32H38OS2Si2. The molecule has 0 bridgehead atoms. The van der Waals surface area contributed by atoms with Crippen LogP contribution >= 0.6 is 23.0 Å². The topological polar surface area (TPSA) is 9.23 Å². The van der Waals surface area contributed by atoms with Crippen LogP contribution in [-0.2, 0) is 3.63 Å². The van der Waals surface area contributed by atoms with Crippen molar-refractivity contribution >= 4 is 58.2 Å². The lowest BCUT2D eigenvalue weighted by molar-refractivity contribution is 0.726. The van der Waals surface area contributed by atoms with Gasteiger partial charge in [-0.15, -0.1) is 0 Å². The maximum atomic E-state index is 6.99. The number of hydrogen-bond acceptors (Lipinski definition) is 3. The highest BCUT2D eigenvalue weighted by atomic mass is 32.4. The minimum Gasteiger partial charge on any atom is -0.259 e. The zero-order valence-corrected chi connectivity index (χ0v) is 26.4. The standard InChI is InChI=1S/C32H38OS2Si2/c1-31(2,3)36(27-19-11-7-12-20-27,28-21-13-8-14-22-28)34-33-35-37(32(4,5)6,29-23-15-9-16-24-29)30-25-17-10-18-26-30/h7-26H,1-6H3. The van der Waals surface area contributed by atoms with Crippen molar-refractivity contribution in [1.82, 2.24) is 0 Å². The summed E-state index contributed by atoms with van der Waals surface area (Å²) >= 11 is 3.50. The van der Waals surface area contributed by atoms with Crippen molar-refractivity contribution < 1.29 is 3.63 Å². The van der Waals surface area contributed by atoms with Gasteiger partial charge in [-0.05, 0) is 53.8 Å². The maximum Gasteiger partial charge on any atom is 0.220 e. The summed E-state index contributed by atoms with van der Waals surface area (Å²) in [6.45, 7) is 14.3. The van der Waals surface area contributed by atoms with Crippen LogP contribution < -0.4 is 20.7 Å². The first-order chi connectivity index (χ1) is 17.6. The largest absolute Gasteiger partial charge is 0.259 e. The van der Waals surface area contributed by atoms with Gasteiger partial charge in [0.2, 0.25) is 14.4 Å². The van der Waals surface area contributed by atoms with E-state index in [0.717, 1.165) is 0 Å². The fraction of sp³-hybridized carbons (Fsp3) is 0.250. The van der Waals surface area contributed by atoms with E-state index >= 15 is 0 Å². The normalized spacial score (nSPS) is 12.9. The molecule has 0 aliphatic rings. The molecule has 4 aromatic carbocycles. The first-order valence-electron chi connectivity index (χ1n) is 12.9. The summed E-state index contributed by atoms with van der Waals surface area (Å²) in [5, 5.41) is 5.60. The van der Waals surface area contributed by atoms with Gasteiger partial charge in [0, 0.05) is 0 Å². The molecule has 0 N–H and O–H groups in total. The maximum absolute atomic E-state index is 6.99. The van der Waals surface area contributed by atoms with Crippen molar-refractivity contribution in [3.63, 3.8) is 0 Å². The summed E-state index contributed by atoms with van der Waals surface area (Å²) in [6.07, 6.45) is 0. The van der Waals surface area contributed by atoms with Crippen LogP contribution in [0.3, 0.4) is 0 Å². The summed E-state index contributed by atoms with van der Waals surface area (Å²) in [6, 6.07) is 44.2. The van der Waals surface area contributed by atoms with Gasteiger partial charge in [0.05, 0.1) is 0 Å². The average molecular weight is 559 g/mol. The second kappa shape index (κ2) is 11.4. The van der Waals surface area contributed by atoms with Crippen LogP contribution in [0.1, 0.15) is 41.5 Å². The molecule has 0 heterocycles. The van der Waals surface area contributed by atoms with Crippen LogP contribution in [0, 0.1) is 0 Å². The summed E-state index contributed by atoms with van der Waals surface area (Å²) in [7, 11) is -4.83. The third-order valence-electron chi connectivity index (χ3n) is 7.15. The van der Waals surface area contributed by atoms with E-state index in [9.17, 15) is 0 Å². The van der Waals surface area contributed by atoms with Gasteiger partial charge in [0.25, 0.3) is 0 Å². The van der Waals surface area contributed by atoms with Gasteiger partial charge in [-0.1, -0.05) is 163 Å². The van der Waals surface area contributed by atoms with E-state index in [-0.39, 0.29) is 10.1 Å². The van der Waals surface area contributed by atoms with Crippen LogP contribution in [0.15, 0.2) is 121 Å². The highest BCUT2D eigenvalue weighted by molar-refractivity contribution is 8.38. The lowest BCUT2D eigenvalue weighted by atomic mass is 10.2. The van der Waals surface area contributed by atoms with Gasteiger partial charge in [-0.25, -0.2) is 0 Å². The van der Waals surface area contributed by atoms with Crippen LogP contribution in [-0.4, -0.2) is 14.4 Å². The Labute approximate surface area is 233 Å². The van der Waals surface area contributed by atoms with Crippen molar-refractivity contribution in [2.24, 2.45) is 0 Å². The Hall–Kier alpha value is -2.03. The fourth-order valence-corrected chi connectivity index (χ4v) is 21.3. The molecule has 0 atom stereocenters. The van der Waals surface area contributed by atoms with Crippen molar-refractivity contribution in [2.75, 3.05) is 0 Å². The number of rotatable bonds is 8. The predicted molar refractivity (Wildman–Crippen MR) is 172 cm³/mol. The number of benzene rings is 4. The molecule has 37 heavy (non-hydrogen) atoms. The third-order valence-corrected chi connectivity index (χ3v) is 26.2. The summed E-state index contributed by atoms with van der Waals surface area (Å²) in [5.41, 5.74) is 0. The molecule has 0 aromatic heterocycles. The molecule has 0 saturated carbocycles. The van der Waals surface area contributed by atoms with Crippen LogP contribution in [0.2, 0.25) is 10.1 Å². The minimum absolute atomic E-state index is 0.0202. The molecule has 0 radical (unpaired) electrons. The average Bonchev–Trinajstić information content (AvgIpc) is 2.89. The van der Waals surface area contributed by atoms with Crippen LogP contribution in [0.5, 0.6) is 0 Å². The molecule has 0 aliphatic heterocycles. The molecule has 4 rings (SSSR count). The van der Waals surface area contributed by atoms with Crippen molar-refractivity contribution in [3.05, 3.63) is 121 Å². The van der Waals surface area contributed by atoms with Gasteiger partial charge in [0.1, 0.15) is 0 Å². The molecule has 0 saturated heterocycles. The Balaban J connectivity index is 1.84. The Morgan fingerprint density at radius 2 is 0.622 bits per heavy atom. The highest BCUT2D eigenvalue weighted by Crippen LogP contribution is 2.49. The van der Waals surface area contributed by atoms with E-state index in [1.54, 1.807) is 23.0 Å². The summed E-state index contributed by atoms with van der Waals surface area (Å²) < 4.78 is 6.99. The zero-order chi connectivity index (χ0) is 26.6. The lowest BCUT2D eigenvalue weighted by Crippen LogP contribution is -2.63. The first-order valence-corrected chi connectivity index (χ1v) is 19.8. The Bertz CT molecular complexity index is 1070. The molecule has 4 aromatic rings. The molecular weight excluding hydrogens is 521 g/mol. The van der Waals surface area contributed by atoms with Crippen molar-refractivity contribution in [1.29, 1.82) is 0 Å². The Morgan fingerprint density at radius 3 is 0.811 bits per heavy atom. The molecule has 5 heteroatoms. The van der Waals surface area contributed by atoms with Gasteiger partial charge in [0.15, 0.2) is 0 Å². The Kier molecular flexibility index (Phi) is 8.61. The van der Waals surface area contributed by atoms with Gasteiger partial charge >= 0.3 is 0 Å². The van der Waals surface area contributed by atoms with Crippen molar-refractivity contribution in [2.45, 2.75) is 51.6 Å². The first kappa shape index (κ1) is 28.0. The van der Waals surface area contributed by atoms with E-state index in [0.29, 0.717) is 0 Å². The quantitative estimate of drug-likeness (QED) is 0.164. The van der Waals surface area contributed by atoms with Gasteiger partial charge in [-0.3, -0.25) is 3.63 Å². The summed E-state index contributed by atoms with van der Waals surface area (Å²) in [5.74, 6) is 0. The molecule has 0 unspecified atom stereocenters. The van der Waals surface area contributed by atoms with Crippen LogP contribution in [0.4, 0.5) is 0 Å². The van der Waals surface area contributed by atoms with E-state index in [1.807, 2.05) is 0 Å². The number of hydrogen-bond donors (Lipinski definition) is 0. The van der Waals surface area contributed by atoms with Crippen molar-refractivity contribution in [3.8, 4) is 0 Å². The Morgan fingerprint density at radius 1 is 0.405 bits per heavy atom. The lowest BCUT2D eigenvalue weighted by Gasteiger charge is -2.44. The molecule has 0 aliphatic carbocycles. The van der Waals surface area contributed by atoms with Gasteiger partial charge < -0.3 is 0 Å². The fourth-order valence-electron chi connectivity index (χ4n) is 5.32. The minimum atomic E-state index is -2.41.